The molecule has 0 spiro atoms. The van der Waals surface area contributed by atoms with Crippen molar-refractivity contribution < 1.29 is 32.1 Å². The maximum atomic E-state index is 13.1. The van der Waals surface area contributed by atoms with Crippen molar-refractivity contribution in [2.75, 3.05) is 33.2 Å². The molecule has 0 atom stereocenters. The topological polar surface area (TPSA) is 168 Å². The molecule has 184 valence electrons. The van der Waals surface area contributed by atoms with Crippen molar-refractivity contribution in [1.29, 1.82) is 0 Å². The third-order valence-corrected chi connectivity index (χ3v) is 7.19. The maximum absolute atomic E-state index is 13.1. The lowest BCUT2D eigenvalue weighted by Gasteiger charge is -2.31. The quantitative estimate of drug-likeness (QED) is 0.314. The molecule has 0 unspecified atom stereocenters. The van der Waals surface area contributed by atoms with Crippen LogP contribution in [-0.2, 0) is 23.5 Å². The summed E-state index contributed by atoms with van der Waals surface area (Å²) in [7, 11) is -2.86. The van der Waals surface area contributed by atoms with Gasteiger partial charge in [-0.1, -0.05) is 13.3 Å². The zero-order chi connectivity index (χ0) is 27.7. The van der Waals surface area contributed by atoms with Gasteiger partial charge >= 0.3 is 5.69 Å². The zero-order valence-corrected chi connectivity index (χ0v) is 19.3. The van der Waals surface area contributed by atoms with Gasteiger partial charge in [0.05, 0.1) is 15.4 Å². The number of likely N-dealkylation sites (N-methyl/N-ethyl adjacent to an activating group) is 1. The fourth-order valence-corrected chi connectivity index (χ4v) is 5.03. The van der Waals surface area contributed by atoms with E-state index in [9.17, 15) is 33.2 Å². The highest BCUT2D eigenvalue weighted by atomic mass is 32.2. The number of benzene rings is 1. The first-order valence-electron chi connectivity index (χ1n) is 11.8. The smallest absolute Gasteiger partial charge is 0.323 e. The number of aromatic hydroxyl groups is 1. The van der Waals surface area contributed by atoms with Crippen molar-refractivity contribution in [3.63, 3.8) is 0 Å². The molecule has 1 aromatic heterocycles. The van der Waals surface area contributed by atoms with E-state index >= 15 is 0 Å². The minimum atomic E-state index is -4.17. The summed E-state index contributed by atoms with van der Waals surface area (Å²) in [5.41, 5.74) is -1.50. The predicted octanol–water partition coefficient (Wildman–Crippen LogP) is 0.493. The molecule has 1 aromatic carbocycles. The first-order valence-corrected chi connectivity index (χ1v) is 11.8. The number of aryl methyl sites for hydroxylation is 2. The molecule has 1 saturated heterocycles. The fourth-order valence-electron chi connectivity index (χ4n) is 3.58. The van der Waals surface area contributed by atoms with Gasteiger partial charge in [-0.15, -0.1) is 0 Å². The highest BCUT2D eigenvalue weighted by Crippen LogP contribution is 2.26. The van der Waals surface area contributed by atoms with Crippen LogP contribution in [0.25, 0.3) is 0 Å². The second kappa shape index (κ2) is 9.87. The highest BCUT2D eigenvalue weighted by molar-refractivity contribution is 7.89. The molecule has 13 nitrogen and oxygen atoms in total. The number of nitrogens with one attached hydrogen (secondary N) is 1. The highest BCUT2D eigenvalue weighted by Gasteiger charge is 2.33. The molecule has 2 N–H and O–H groups in total. The van der Waals surface area contributed by atoms with Crippen molar-refractivity contribution >= 4 is 27.5 Å². The second-order valence-corrected chi connectivity index (χ2v) is 9.57. The number of hydrogen-bond acceptors (Lipinski definition) is 9. The van der Waals surface area contributed by atoms with Crippen molar-refractivity contribution in [3.05, 3.63) is 45.3 Å². The standard InChI is InChI=1S/C20H26N6O7S/c1-4-5-15-17(26(30)31)18(24(3)22-15)20(29)21-19(28)14-12-13(6-7-16(14)27)34(32,33)25-10-8-23(2)9-11-25/h6-7,12,27H,4-5,8-11H2,1-3H3,(H,21,28,29)/i2D3. The summed E-state index contributed by atoms with van der Waals surface area (Å²) >= 11 is 0. The van der Waals surface area contributed by atoms with Gasteiger partial charge in [0.2, 0.25) is 15.7 Å². The fraction of sp³-hybridized carbons (Fsp3) is 0.450. The second-order valence-electron chi connectivity index (χ2n) is 7.63. The van der Waals surface area contributed by atoms with Crippen molar-refractivity contribution in [1.82, 2.24) is 24.3 Å². The Morgan fingerprint density at radius 1 is 1.26 bits per heavy atom. The number of rotatable bonds is 7. The average Bonchev–Trinajstić information content (AvgIpc) is 3.15. The van der Waals surface area contributed by atoms with E-state index in [0.717, 1.165) is 27.2 Å². The number of carbonyl (C=O) groups is 2. The molecule has 2 heterocycles. The van der Waals surface area contributed by atoms with E-state index in [1.54, 1.807) is 6.92 Å². The van der Waals surface area contributed by atoms with Crippen LogP contribution >= 0.6 is 0 Å². The molecule has 1 fully saturated rings. The van der Waals surface area contributed by atoms with Crippen LogP contribution in [0.1, 0.15) is 44.0 Å². The molecule has 0 aliphatic carbocycles. The van der Waals surface area contributed by atoms with Crippen LogP contribution in [0.2, 0.25) is 0 Å². The zero-order valence-electron chi connectivity index (χ0n) is 21.5. The van der Waals surface area contributed by atoms with E-state index in [-0.39, 0.29) is 43.2 Å². The van der Waals surface area contributed by atoms with Gasteiger partial charge in [0.1, 0.15) is 11.4 Å². The van der Waals surface area contributed by atoms with Crippen LogP contribution in [-0.4, -0.2) is 82.4 Å². The van der Waals surface area contributed by atoms with E-state index in [0.29, 0.717) is 6.42 Å². The van der Waals surface area contributed by atoms with Gasteiger partial charge in [-0.25, -0.2) is 8.42 Å². The summed E-state index contributed by atoms with van der Waals surface area (Å²) in [6.45, 7) is -0.846. The number of nitro groups is 1. The summed E-state index contributed by atoms with van der Waals surface area (Å²) in [5, 5.41) is 27.7. The Kier molecular flexibility index (Phi) is 6.15. The molecule has 14 heteroatoms. The van der Waals surface area contributed by atoms with Crippen LogP contribution in [0.4, 0.5) is 5.69 Å². The van der Waals surface area contributed by atoms with E-state index in [4.69, 9.17) is 4.11 Å². The van der Waals surface area contributed by atoms with Gasteiger partial charge in [-0.2, -0.15) is 9.40 Å². The largest absolute Gasteiger partial charge is 0.507 e. The summed E-state index contributed by atoms with van der Waals surface area (Å²) in [5.74, 6) is -2.95. The molecule has 0 bridgehead atoms. The van der Waals surface area contributed by atoms with E-state index in [2.05, 4.69) is 5.10 Å². The molecule has 2 aromatic rings. The third kappa shape index (κ3) is 4.93. The van der Waals surface area contributed by atoms with E-state index in [1.807, 2.05) is 5.32 Å². The van der Waals surface area contributed by atoms with Crippen molar-refractivity contribution in [2.45, 2.75) is 24.7 Å². The molecular weight excluding hydrogens is 468 g/mol. The monoisotopic (exact) mass is 497 g/mol. The number of piperazine rings is 1. The van der Waals surface area contributed by atoms with Crippen LogP contribution in [0.3, 0.4) is 0 Å². The Labute approximate surface area is 200 Å². The van der Waals surface area contributed by atoms with Gasteiger partial charge < -0.3 is 10.0 Å². The Hall–Kier alpha value is -3.36. The third-order valence-electron chi connectivity index (χ3n) is 5.29. The molecule has 1 aliphatic rings. The first-order chi connectivity index (χ1) is 17.2. The van der Waals surface area contributed by atoms with Crippen LogP contribution in [0, 0.1) is 10.1 Å². The maximum Gasteiger partial charge on any atom is 0.323 e. The molecule has 0 saturated carbocycles. The number of nitrogens with zero attached hydrogens (tertiary/aromatic N) is 5. The number of carbonyl (C=O) groups excluding carboxylic acids is 2. The number of phenols is 1. The average molecular weight is 498 g/mol. The Morgan fingerprint density at radius 3 is 2.53 bits per heavy atom. The minimum absolute atomic E-state index is 0.0286. The van der Waals surface area contributed by atoms with Crippen molar-refractivity contribution in [2.24, 2.45) is 7.05 Å². The Balaban J connectivity index is 1.85. The molecule has 34 heavy (non-hydrogen) atoms. The number of sulfonamides is 1. The van der Waals surface area contributed by atoms with Gasteiger partial charge in [-0.3, -0.25) is 29.7 Å². The lowest BCUT2D eigenvalue weighted by Crippen LogP contribution is -2.47. The van der Waals surface area contributed by atoms with Gasteiger partial charge in [0.25, 0.3) is 11.8 Å². The number of aromatic nitrogens is 2. The SMILES string of the molecule is [2H]C([2H])([2H])N1CCN(S(=O)(=O)c2ccc(O)c(C(=O)NC(=O)c3c([N+](=O)[O-])c(CCC)nn3C)c2)CC1. The lowest BCUT2D eigenvalue weighted by atomic mass is 10.1. The Morgan fingerprint density at radius 2 is 1.94 bits per heavy atom. The molecular formula is C20H26N6O7S. The number of imide groups is 1. The Bertz CT molecular complexity index is 1330. The van der Waals surface area contributed by atoms with Crippen LogP contribution in [0.15, 0.2) is 23.1 Å². The van der Waals surface area contributed by atoms with Crippen LogP contribution < -0.4 is 5.32 Å². The lowest BCUT2D eigenvalue weighted by molar-refractivity contribution is -0.385. The molecule has 0 radical (unpaired) electrons. The molecule has 3 rings (SSSR count). The summed E-state index contributed by atoms with van der Waals surface area (Å²) < 4.78 is 50.6. The number of amides is 2. The van der Waals surface area contributed by atoms with Gasteiger partial charge in [0.15, 0.2) is 0 Å². The van der Waals surface area contributed by atoms with Gasteiger partial charge in [-0.05, 0) is 31.6 Å². The normalized spacial score (nSPS) is 16.9. The molecule has 2 amide bonds. The summed E-state index contributed by atoms with van der Waals surface area (Å²) in [4.78, 5) is 37.2. The first kappa shape index (κ1) is 21.2. The predicted molar refractivity (Wildman–Crippen MR) is 120 cm³/mol. The number of hydrogen-bond donors (Lipinski definition) is 2. The summed E-state index contributed by atoms with van der Waals surface area (Å²) in [6, 6.07) is 2.92. The van der Waals surface area contributed by atoms with E-state index < -0.39 is 56.4 Å². The molecule has 1 aliphatic heterocycles. The minimum Gasteiger partial charge on any atom is -0.507 e. The number of phenolic OH excluding ortho intramolecular Hbond substituents is 1. The van der Waals surface area contributed by atoms with Gasteiger partial charge in [0, 0.05) is 37.3 Å². The summed E-state index contributed by atoms with van der Waals surface area (Å²) in [6.07, 6.45) is 0.755. The van der Waals surface area contributed by atoms with Crippen LogP contribution in [0.5, 0.6) is 5.75 Å². The van der Waals surface area contributed by atoms with Crippen molar-refractivity contribution in [3.8, 4) is 5.75 Å². The van der Waals surface area contributed by atoms with E-state index in [1.165, 1.54) is 11.9 Å².